The van der Waals surface area contributed by atoms with Crippen molar-refractivity contribution < 1.29 is 9.53 Å². The molecular formula is C18H29N5O2. The summed E-state index contributed by atoms with van der Waals surface area (Å²) in [7, 11) is 4.05. The van der Waals surface area contributed by atoms with Crippen molar-refractivity contribution in [3.8, 4) is 0 Å². The second-order valence-electron chi connectivity index (χ2n) is 7.09. The molecule has 138 valence electrons. The minimum absolute atomic E-state index is 0.0271. The van der Waals surface area contributed by atoms with Crippen molar-refractivity contribution in [2.75, 3.05) is 53.5 Å². The molecule has 0 unspecified atom stereocenters. The molecule has 2 aliphatic rings. The van der Waals surface area contributed by atoms with E-state index in [2.05, 4.69) is 14.8 Å². The van der Waals surface area contributed by atoms with E-state index < -0.39 is 0 Å². The molecule has 1 aromatic rings. The molecular weight excluding hydrogens is 318 g/mol. The summed E-state index contributed by atoms with van der Waals surface area (Å²) in [6, 6.07) is 1.97. The number of ether oxygens (including phenoxy) is 1. The molecule has 1 aromatic heterocycles. The lowest BCUT2D eigenvalue weighted by Crippen LogP contribution is -2.39. The van der Waals surface area contributed by atoms with Gasteiger partial charge in [-0.2, -0.15) is 0 Å². The predicted molar refractivity (Wildman–Crippen MR) is 95.0 cm³/mol. The third kappa shape index (κ3) is 4.96. The van der Waals surface area contributed by atoms with Gasteiger partial charge in [0.05, 0.1) is 24.9 Å². The minimum atomic E-state index is 0.0271. The van der Waals surface area contributed by atoms with Crippen LogP contribution in [0.1, 0.15) is 36.8 Å². The quantitative estimate of drug-likeness (QED) is 0.763. The average molecular weight is 347 g/mol. The summed E-state index contributed by atoms with van der Waals surface area (Å²) in [6.45, 7) is 5.80. The van der Waals surface area contributed by atoms with Crippen LogP contribution in [-0.2, 0) is 16.1 Å². The Labute approximate surface area is 150 Å². The van der Waals surface area contributed by atoms with Gasteiger partial charge in [0.1, 0.15) is 0 Å². The highest BCUT2D eigenvalue weighted by Gasteiger charge is 2.32. The van der Waals surface area contributed by atoms with Crippen LogP contribution in [0.4, 0.5) is 0 Å². The SMILES string of the molecule is CN(C)Cc1ccnc([C@@H]2CCCN2C(=O)CCN2CCOCC2)n1. The first-order valence-electron chi connectivity index (χ1n) is 9.19. The van der Waals surface area contributed by atoms with Gasteiger partial charge in [0.25, 0.3) is 0 Å². The highest BCUT2D eigenvalue weighted by molar-refractivity contribution is 5.77. The highest BCUT2D eigenvalue weighted by atomic mass is 16.5. The van der Waals surface area contributed by atoms with Crippen LogP contribution < -0.4 is 0 Å². The number of aromatic nitrogens is 2. The van der Waals surface area contributed by atoms with E-state index in [1.54, 1.807) is 0 Å². The van der Waals surface area contributed by atoms with Gasteiger partial charge >= 0.3 is 0 Å². The van der Waals surface area contributed by atoms with Crippen molar-refractivity contribution in [1.29, 1.82) is 0 Å². The average Bonchev–Trinajstić information content (AvgIpc) is 3.10. The van der Waals surface area contributed by atoms with E-state index >= 15 is 0 Å². The van der Waals surface area contributed by atoms with Gasteiger partial charge in [-0.3, -0.25) is 9.69 Å². The maximum absolute atomic E-state index is 12.7. The molecule has 2 saturated heterocycles. The normalized spacial score (nSPS) is 21.9. The van der Waals surface area contributed by atoms with Crippen molar-refractivity contribution in [1.82, 2.24) is 24.7 Å². The Bertz CT molecular complexity index is 574. The van der Waals surface area contributed by atoms with Crippen molar-refractivity contribution in [2.45, 2.75) is 31.8 Å². The zero-order valence-electron chi connectivity index (χ0n) is 15.4. The summed E-state index contributed by atoms with van der Waals surface area (Å²) >= 11 is 0. The van der Waals surface area contributed by atoms with Crippen molar-refractivity contribution in [3.63, 3.8) is 0 Å². The van der Waals surface area contributed by atoms with Gasteiger partial charge in [-0.1, -0.05) is 0 Å². The summed E-state index contributed by atoms with van der Waals surface area (Å²) in [5.74, 6) is 1.01. The van der Waals surface area contributed by atoms with Crippen molar-refractivity contribution in [3.05, 3.63) is 23.8 Å². The molecule has 0 bridgehead atoms. The van der Waals surface area contributed by atoms with E-state index in [9.17, 15) is 4.79 Å². The van der Waals surface area contributed by atoms with Gasteiger partial charge in [-0.05, 0) is 33.0 Å². The third-order valence-corrected chi connectivity index (χ3v) is 4.83. The summed E-state index contributed by atoms with van der Waals surface area (Å²) in [5, 5.41) is 0. The Morgan fingerprint density at radius 3 is 2.88 bits per heavy atom. The van der Waals surface area contributed by atoms with Gasteiger partial charge in [-0.25, -0.2) is 9.97 Å². The lowest BCUT2D eigenvalue weighted by atomic mass is 10.2. The Morgan fingerprint density at radius 1 is 1.32 bits per heavy atom. The first-order valence-corrected chi connectivity index (χ1v) is 9.19. The van der Waals surface area contributed by atoms with Gasteiger partial charge in [0.2, 0.25) is 5.91 Å². The number of rotatable bonds is 6. The lowest BCUT2D eigenvalue weighted by Gasteiger charge is -2.28. The number of carbonyl (C=O) groups is 1. The van der Waals surface area contributed by atoms with E-state index in [-0.39, 0.29) is 11.9 Å². The van der Waals surface area contributed by atoms with Crippen molar-refractivity contribution in [2.24, 2.45) is 0 Å². The number of morpholine rings is 1. The summed E-state index contributed by atoms with van der Waals surface area (Å²) in [6.07, 6.45) is 4.35. The van der Waals surface area contributed by atoms with Gasteiger partial charge < -0.3 is 14.5 Å². The molecule has 0 radical (unpaired) electrons. The molecule has 25 heavy (non-hydrogen) atoms. The number of hydrogen-bond donors (Lipinski definition) is 0. The van der Waals surface area contributed by atoms with E-state index in [0.29, 0.717) is 6.42 Å². The van der Waals surface area contributed by atoms with E-state index in [1.165, 1.54) is 0 Å². The maximum atomic E-state index is 12.7. The van der Waals surface area contributed by atoms with Gasteiger partial charge in [-0.15, -0.1) is 0 Å². The molecule has 3 rings (SSSR count). The maximum Gasteiger partial charge on any atom is 0.224 e. The zero-order chi connectivity index (χ0) is 17.6. The van der Waals surface area contributed by atoms with Crippen LogP contribution in [-0.4, -0.2) is 84.1 Å². The summed E-state index contributed by atoms with van der Waals surface area (Å²) in [5.41, 5.74) is 1.00. The molecule has 0 spiro atoms. The molecule has 1 atom stereocenters. The molecule has 1 amide bonds. The third-order valence-electron chi connectivity index (χ3n) is 4.83. The Morgan fingerprint density at radius 2 is 2.12 bits per heavy atom. The fourth-order valence-corrected chi connectivity index (χ4v) is 3.54. The van der Waals surface area contributed by atoms with Gasteiger partial charge in [0, 0.05) is 45.3 Å². The molecule has 7 heteroatoms. The second kappa shape index (κ2) is 8.69. The second-order valence-corrected chi connectivity index (χ2v) is 7.09. The number of carbonyl (C=O) groups excluding carboxylic acids is 1. The monoisotopic (exact) mass is 347 g/mol. The molecule has 2 fully saturated rings. The van der Waals surface area contributed by atoms with Crippen LogP contribution in [0.5, 0.6) is 0 Å². The first kappa shape index (κ1) is 18.2. The van der Waals surface area contributed by atoms with Gasteiger partial charge in [0.15, 0.2) is 5.82 Å². The number of amides is 1. The molecule has 0 saturated carbocycles. The molecule has 0 N–H and O–H groups in total. The topological polar surface area (TPSA) is 61.8 Å². The van der Waals surface area contributed by atoms with Crippen LogP contribution >= 0.6 is 0 Å². The smallest absolute Gasteiger partial charge is 0.224 e. The molecule has 2 aliphatic heterocycles. The first-order chi connectivity index (χ1) is 12.1. The molecule has 0 aliphatic carbocycles. The summed E-state index contributed by atoms with van der Waals surface area (Å²) < 4.78 is 5.36. The molecule has 7 nitrogen and oxygen atoms in total. The van der Waals surface area contributed by atoms with Crippen LogP contribution in [0.15, 0.2) is 12.3 Å². The number of hydrogen-bond acceptors (Lipinski definition) is 6. The van der Waals surface area contributed by atoms with Crippen molar-refractivity contribution >= 4 is 5.91 Å². The fourth-order valence-electron chi connectivity index (χ4n) is 3.54. The molecule has 3 heterocycles. The van der Waals surface area contributed by atoms with E-state index in [1.807, 2.05) is 31.3 Å². The largest absolute Gasteiger partial charge is 0.379 e. The minimum Gasteiger partial charge on any atom is -0.379 e. The predicted octanol–water partition coefficient (Wildman–Crippen LogP) is 0.924. The Hall–Kier alpha value is -1.57. The fraction of sp³-hybridized carbons (Fsp3) is 0.722. The zero-order valence-corrected chi connectivity index (χ0v) is 15.4. The summed E-state index contributed by atoms with van der Waals surface area (Å²) in [4.78, 5) is 28.3. The van der Waals surface area contributed by atoms with E-state index in [4.69, 9.17) is 9.72 Å². The Kier molecular flexibility index (Phi) is 6.34. The lowest BCUT2D eigenvalue weighted by molar-refractivity contribution is -0.132. The highest BCUT2D eigenvalue weighted by Crippen LogP contribution is 2.30. The van der Waals surface area contributed by atoms with E-state index in [0.717, 1.165) is 70.3 Å². The number of nitrogens with zero attached hydrogens (tertiary/aromatic N) is 5. The van der Waals surface area contributed by atoms with Crippen LogP contribution in [0.25, 0.3) is 0 Å². The number of likely N-dealkylation sites (tertiary alicyclic amines) is 1. The Balaban J connectivity index is 1.60. The van der Waals surface area contributed by atoms with Crippen LogP contribution in [0, 0.1) is 0 Å². The standard InChI is InChI=1S/C18H29N5O2/c1-21(2)14-15-5-7-19-18(20-15)16-4-3-8-23(16)17(24)6-9-22-10-12-25-13-11-22/h5,7,16H,3-4,6,8-14H2,1-2H3/t16-/m0/s1. The van der Waals surface area contributed by atoms with Crippen LogP contribution in [0.3, 0.4) is 0 Å². The van der Waals surface area contributed by atoms with Crippen LogP contribution in [0.2, 0.25) is 0 Å². The molecule has 0 aromatic carbocycles.